The van der Waals surface area contributed by atoms with Gasteiger partial charge in [0.25, 0.3) is 5.56 Å². The number of aliphatic imine (C=N–C) groups is 1. The number of carbonyl (C=O) groups excluding carboxylic acids is 1. The molecule has 2 aromatic heterocycles. The largest absolute Gasteiger partial charge is 0.396 e. The van der Waals surface area contributed by atoms with Crippen molar-refractivity contribution in [3.8, 4) is 5.82 Å². The molecule has 0 bridgehead atoms. The van der Waals surface area contributed by atoms with Gasteiger partial charge in [-0.1, -0.05) is 13.3 Å². The highest BCUT2D eigenvalue weighted by molar-refractivity contribution is 7.92. The summed E-state index contributed by atoms with van der Waals surface area (Å²) in [6.45, 7) is 8.50. The number of aromatic nitrogens is 2. The fraction of sp³-hybridized carbons (Fsp3) is 0.400. The number of pyridine rings is 2. The van der Waals surface area contributed by atoms with Crippen LogP contribution in [0.25, 0.3) is 5.82 Å². The van der Waals surface area contributed by atoms with Crippen molar-refractivity contribution in [3.05, 3.63) is 45.5 Å². The average Bonchev–Trinajstić information content (AvgIpc) is 2.69. The first-order chi connectivity index (χ1) is 14.0. The van der Waals surface area contributed by atoms with Crippen LogP contribution in [0, 0.1) is 13.8 Å². The molecule has 0 saturated carbocycles. The number of carbonyl (C=O) groups is 1. The van der Waals surface area contributed by atoms with Crippen molar-refractivity contribution in [1.29, 1.82) is 0 Å². The molecular formula is C20H27N5O4S. The van der Waals surface area contributed by atoms with Gasteiger partial charge < -0.3 is 5.73 Å². The lowest BCUT2D eigenvalue weighted by molar-refractivity contribution is -0.117. The summed E-state index contributed by atoms with van der Waals surface area (Å²) in [5.41, 5.74) is 7.42. The second-order valence-electron chi connectivity index (χ2n) is 7.01. The number of anilines is 2. The maximum atomic E-state index is 13.2. The first-order valence-electron chi connectivity index (χ1n) is 9.48. The van der Waals surface area contributed by atoms with E-state index in [9.17, 15) is 18.0 Å². The van der Waals surface area contributed by atoms with Crippen LogP contribution in [0.2, 0.25) is 0 Å². The molecule has 0 aliphatic rings. The van der Waals surface area contributed by atoms with Crippen LogP contribution in [0.15, 0.2) is 28.0 Å². The van der Waals surface area contributed by atoms with Gasteiger partial charge in [-0.15, -0.1) is 0 Å². The molecular weight excluding hydrogens is 406 g/mol. The molecule has 2 rings (SSSR count). The lowest BCUT2D eigenvalue weighted by Crippen LogP contribution is -2.35. The van der Waals surface area contributed by atoms with E-state index in [1.165, 1.54) is 17.7 Å². The highest BCUT2D eigenvalue weighted by Gasteiger charge is 2.23. The Balaban J connectivity index is 2.60. The minimum Gasteiger partial charge on any atom is -0.396 e. The van der Waals surface area contributed by atoms with Gasteiger partial charge in [0, 0.05) is 18.4 Å². The van der Waals surface area contributed by atoms with Gasteiger partial charge in [0.2, 0.25) is 15.9 Å². The number of sulfonamides is 1. The Morgan fingerprint density at radius 2 is 2.00 bits per heavy atom. The molecule has 2 N–H and O–H groups in total. The molecule has 0 fully saturated rings. The van der Waals surface area contributed by atoms with Crippen LogP contribution in [0.1, 0.15) is 36.7 Å². The summed E-state index contributed by atoms with van der Waals surface area (Å²) in [6, 6.07) is 4.68. The van der Waals surface area contributed by atoms with Crippen LogP contribution in [0.3, 0.4) is 0 Å². The van der Waals surface area contributed by atoms with E-state index in [2.05, 4.69) is 16.7 Å². The van der Waals surface area contributed by atoms with Gasteiger partial charge in [0.15, 0.2) is 5.82 Å². The third-order valence-corrected chi connectivity index (χ3v) is 6.66. The molecule has 30 heavy (non-hydrogen) atoms. The molecule has 0 radical (unpaired) electrons. The second kappa shape index (κ2) is 9.21. The number of aryl methyl sites for hydroxylation is 2. The van der Waals surface area contributed by atoms with Crippen molar-refractivity contribution in [1.82, 2.24) is 9.55 Å². The zero-order valence-corrected chi connectivity index (χ0v) is 18.5. The first kappa shape index (κ1) is 23.3. The Bertz CT molecular complexity index is 1140. The summed E-state index contributed by atoms with van der Waals surface area (Å²) in [5, 5.41) is 0. The zero-order valence-electron chi connectivity index (χ0n) is 17.7. The normalized spacial score (nSPS) is 11.3. The van der Waals surface area contributed by atoms with E-state index >= 15 is 0 Å². The first-order valence-corrected chi connectivity index (χ1v) is 11.1. The monoisotopic (exact) mass is 433 g/mol. The highest BCUT2D eigenvalue weighted by atomic mass is 32.2. The molecule has 0 spiro atoms. The molecule has 2 aromatic rings. The summed E-state index contributed by atoms with van der Waals surface area (Å²) < 4.78 is 27.4. The summed E-state index contributed by atoms with van der Waals surface area (Å²) >= 11 is 0. The van der Waals surface area contributed by atoms with E-state index < -0.39 is 21.5 Å². The molecule has 0 aliphatic heterocycles. The Morgan fingerprint density at radius 3 is 2.60 bits per heavy atom. The second-order valence-corrected chi connectivity index (χ2v) is 9.13. The van der Waals surface area contributed by atoms with Gasteiger partial charge >= 0.3 is 0 Å². The number of nitrogens with two attached hydrogens (primary N) is 1. The standard InChI is InChI=1S/C20H27N5O4S/c1-6-7-10-30(28,29)24(5)17-9-8-13(2)25(20(17)27)19-16(21)11-15(14(3)23-19)12-18(26)22-4/h8-9,11H,4,6-7,10,12,21H2,1-3,5H3. The topological polar surface area (TPSA) is 128 Å². The molecule has 10 heteroatoms. The van der Waals surface area contributed by atoms with Gasteiger partial charge in [-0.3, -0.25) is 18.5 Å². The number of hydrogen-bond donors (Lipinski definition) is 1. The number of amides is 1. The van der Waals surface area contributed by atoms with E-state index in [1.807, 2.05) is 6.92 Å². The summed E-state index contributed by atoms with van der Waals surface area (Å²) in [5.74, 6) is -0.285. The summed E-state index contributed by atoms with van der Waals surface area (Å²) in [7, 11) is -2.28. The lowest BCUT2D eigenvalue weighted by Gasteiger charge is -2.21. The van der Waals surface area contributed by atoms with Crippen molar-refractivity contribution in [3.63, 3.8) is 0 Å². The van der Waals surface area contributed by atoms with Crippen LogP contribution >= 0.6 is 0 Å². The van der Waals surface area contributed by atoms with E-state index in [0.29, 0.717) is 23.4 Å². The molecule has 0 atom stereocenters. The molecule has 0 aromatic carbocycles. The van der Waals surface area contributed by atoms with Crippen molar-refractivity contribution in [2.45, 2.75) is 40.0 Å². The number of hydrogen-bond acceptors (Lipinski definition) is 6. The Labute approximate surface area is 176 Å². The number of rotatable bonds is 8. The fourth-order valence-electron chi connectivity index (χ4n) is 2.97. The van der Waals surface area contributed by atoms with Crippen molar-refractivity contribution < 1.29 is 13.2 Å². The molecule has 162 valence electrons. The van der Waals surface area contributed by atoms with E-state index in [1.54, 1.807) is 26.0 Å². The lowest BCUT2D eigenvalue weighted by atomic mass is 10.1. The molecule has 9 nitrogen and oxygen atoms in total. The molecule has 0 unspecified atom stereocenters. The molecule has 1 amide bonds. The van der Waals surface area contributed by atoms with Crippen LogP contribution < -0.4 is 15.6 Å². The minimum absolute atomic E-state index is 0.000849. The predicted molar refractivity (Wildman–Crippen MR) is 119 cm³/mol. The number of nitrogens with zero attached hydrogens (tertiary/aromatic N) is 4. The van der Waals surface area contributed by atoms with Gasteiger partial charge in [0.05, 0.1) is 17.9 Å². The third kappa shape index (κ3) is 4.76. The van der Waals surface area contributed by atoms with Crippen molar-refractivity contribution >= 4 is 34.0 Å². The summed E-state index contributed by atoms with van der Waals surface area (Å²) in [4.78, 5) is 32.6. The van der Waals surface area contributed by atoms with Gasteiger partial charge in [-0.25, -0.2) is 18.4 Å². The number of unbranched alkanes of at least 4 members (excludes halogenated alkanes) is 1. The Hall–Kier alpha value is -3.01. The van der Waals surface area contributed by atoms with E-state index in [-0.39, 0.29) is 29.4 Å². The van der Waals surface area contributed by atoms with Gasteiger partial charge in [-0.2, -0.15) is 0 Å². The van der Waals surface area contributed by atoms with Gasteiger partial charge in [-0.05, 0) is 50.7 Å². The van der Waals surface area contributed by atoms with E-state index in [0.717, 1.165) is 10.7 Å². The molecule has 2 heterocycles. The maximum absolute atomic E-state index is 13.2. The van der Waals surface area contributed by atoms with Gasteiger partial charge in [0.1, 0.15) is 5.69 Å². The fourth-order valence-corrected chi connectivity index (χ4v) is 4.33. The van der Waals surface area contributed by atoms with Crippen LogP contribution in [0.4, 0.5) is 11.4 Å². The van der Waals surface area contributed by atoms with Crippen molar-refractivity contribution in [2.24, 2.45) is 4.99 Å². The Morgan fingerprint density at radius 1 is 1.33 bits per heavy atom. The highest BCUT2D eigenvalue weighted by Crippen LogP contribution is 2.22. The third-order valence-electron chi connectivity index (χ3n) is 4.83. The molecule has 0 aliphatic carbocycles. The van der Waals surface area contributed by atoms with Crippen LogP contribution in [-0.4, -0.2) is 43.4 Å². The average molecular weight is 434 g/mol. The quantitative estimate of drug-likeness (QED) is 0.632. The van der Waals surface area contributed by atoms with Crippen molar-refractivity contribution in [2.75, 3.05) is 22.8 Å². The predicted octanol–water partition coefficient (Wildman–Crippen LogP) is 1.77. The van der Waals surface area contributed by atoms with Crippen LogP contribution in [0.5, 0.6) is 0 Å². The zero-order chi connectivity index (χ0) is 22.6. The van der Waals surface area contributed by atoms with E-state index in [4.69, 9.17) is 5.73 Å². The Kier molecular flexibility index (Phi) is 7.14. The minimum atomic E-state index is -3.64. The summed E-state index contributed by atoms with van der Waals surface area (Å²) in [6.07, 6.45) is 1.22. The number of nitrogen functional groups attached to an aromatic ring is 1. The van der Waals surface area contributed by atoms with Crippen LogP contribution in [-0.2, 0) is 21.2 Å². The molecule has 0 saturated heterocycles. The maximum Gasteiger partial charge on any atom is 0.281 e. The SMILES string of the molecule is C=NC(=O)Cc1cc(N)c(-n2c(C)ccc(N(C)S(=O)(=O)CCCC)c2=O)nc1C. The smallest absolute Gasteiger partial charge is 0.281 e.